The van der Waals surface area contributed by atoms with Gasteiger partial charge in [-0.25, -0.2) is 9.78 Å². The molecule has 0 amide bonds. The highest BCUT2D eigenvalue weighted by molar-refractivity contribution is 5.87. The van der Waals surface area contributed by atoms with E-state index in [1.807, 2.05) is 6.07 Å². The number of methoxy groups -OCH3 is 1. The molecule has 1 aliphatic rings. The summed E-state index contributed by atoms with van der Waals surface area (Å²) in [5.41, 5.74) is 1.39. The monoisotopic (exact) mass is 235 g/mol. The molecule has 5 nitrogen and oxygen atoms in total. The standard InChI is InChI=1S/C12H17N3O2/c1-9-7-13-5-6-15(9)10-3-4-11(14-8-10)12(16)17-2/h3-4,8-9,13H,5-7H2,1-2H3. The van der Waals surface area contributed by atoms with Crippen LogP contribution in [0.1, 0.15) is 17.4 Å². The van der Waals surface area contributed by atoms with Gasteiger partial charge in [0.15, 0.2) is 0 Å². The summed E-state index contributed by atoms with van der Waals surface area (Å²) >= 11 is 0. The van der Waals surface area contributed by atoms with Crippen LogP contribution in [0.4, 0.5) is 5.69 Å². The molecule has 17 heavy (non-hydrogen) atoms. The number of carbonyl (C=O) groups is 1. The minimum absolute atomic E-state index is 0.346. The molecular formula is C12H17N3O2. The molecule has 2 rings (SSSR count). The van der Waals surface area contributed by atoms with Crippen molar-refractivity contribution >= 4 is 11.7 Å². The second-order valence-electron chi connectivity index (χ2n) is 4.14. The fourth-order valence-electron chi connectivity index (χ4n) is 2.01. The van der Waals surface area contributed by atoms with Gasteiger partial charge in [-0.15, -0.1) is 0 Å². The van der Waals surface area contributed by atoms with Crippen molar-refractivity contribution in [3.63, 3.8) is 0 Å². The lowest BCUT2D eigenvalue weighted by Crippen LogP contribution is -2.49. The van der Waals surface area contributed by atoms with Gasteiger partial charge in [0.05, 0.1) is 19.0 Å². The minimum Gasteiger partial charge on any atom is -0.464 e. The van der Waals surface area contributed by atoms with Crippen molar-refractivity contribution in [2.24, 2.45) is 0 Å². The molecule has 1 saturated heterocycles. The SMILES string of the molecule is COC(=O)c1ccc(N2CCNCC2C)cn1. The lowest BCUT2D eigenvalue weighted by molar-refractivity contribution is 0.0594. The molecule has 0 radical (unpaired) electrons. The lowest BCUT2D eigenvalue weighted by atomic mass is 10.2. The first-order valence-electron chi connectivity index (χ1n) is 5.74. The van der Waals surface area contributed by atoms with Crippen LogP contribution in [0.25, 0.3) is 0 Å². The maximum Gasteiger partial charge on any atom is 0.356 e. The Morgan fingerprint density at radius 2 is 2.41 bits per heavy atom. The van der Waals surface area contributed by atoms with E-state index < -0.39 is 5.97 Å². The summed E-state index contributed by atoms with van der Waals surface area (Å²) in [5, 5.41) is 3.34. The van der Waals surface area contributed by atoms with Gasteiger partial charge in [-0.2, -0.15) is 0 Å². The smallest absolute Gasteiger partial charge is 0.356 e. The fourth-order valence-corrected chi connectivity index (χ4v) is 2.01. The summed E-state index contributed by atoms with van der Waals surface area (Å²) in [6, 6.07) is 4.06. The van der Waals surface area contributed by atoms with Crippen molar-refractivity contribution in [1.82, 2.24) is 10.3 Å². The Kier molecular flexibility index (Phi) is 3.58. The molecule has 0 aliphatic carbocycles. The molecule has 2 heterocycles. The summed E-state index contributed by atoms with van der Waals surface area (Å²) in [5.74, 6) is -0.398. The minimum atomic E-state index is -0.398. The van der Waals surface area contributed by atoms with E-state index in [2.05, 4.69) is 26.9 Å². The molecule has 1 atom stereocenters. The molecule has 1 aromatic rings. The number of esters is 1. The Labute approximate surface area is 101 Å². The number of piperazine rings is 1. The highest BCUT2D eigenvalue weighted by Gasteiger charge is 2.18. The van der Waals surface area contributed by atoms with Crippen LogP contribution in [0.5, 0.6) is 0 Å². The third kappa shape index (κ3) is 2.55. The van der Waals surface area contributed by atoms with Gasteiger partial charge in [0, 0.05) is 25.7 Å². The Hall–Kier alpha value is -1.62. The largest absolute Gasteiger partial charge is 0.464 e. The average molecular weight is 235 g/mol. The summed E-state index contributed by atoms with van der Waals surface area (Å²) < 4.78 is 4.62. The maximum atomic E-state index is 11.3. The molecule has 1 aromatic heterocycles. The molecule has 92 valence electrons. The summed E-state index contributed by atoms with van der Waals surface area (Å²) in [6.07, 6.45) is 1.73. The fraction of sp³-hybridized carbons (Fsp3) is 0.500. The molecule has 0 spiro atoms. The van der Waals surface area contributed by atoms with Crippen LogP contribution in [0.15, 0.2) is 18.3 Å². The molecule has 0 bridgehead atoms. The van der Waals surface area contributed by atoms with E-state index in [4.69, 9.17) is 0 Å². The molecular weight excluding hydrogens is 218 g/mol. The highest BCUT2D eigenvalue weighted by atomic mass is 16.5. The number of rotatable bonds is 2. The van der Waals surface area contributed by atoms with E-state index in [1.54, 1.807) is 12.3 Å². The van der Waals surface area contributed by atoms with Gasteiger partial charge in [-0.1, -0.05) is 0 Å². The molecule has 5 heteroatoms. The van der Waals surface area contributed by atoms with Crippen LogP contribution in [-0.4, -0.2) is 43.7 Å². The van der Waals surface area contributed by atoms with Gasteiger partial charge in [-0.3, -0.25) is 0 Å². The third-order valence-electron chi connectivity index (χ3n) is 2.98. The second-order valence-corrected chi connectivity index (χ2v) is 4.14. The zero-order valence-corrected chi connectivity index (χ0v) is 10.1. The maximum absolute atomic E-state index is 11.3. The van der Waals surface area contributed by atoms with E-state index in [9.17, 15) is 4.79 Å². The normalized spacial score (nSPS) is 20.1. The highest BCUT2D eigenvalue weighted by Crippen LogP contribution is 2.17. The van der Waals surface area contributed by atoms with E-state index in [1.165, 1.54) is 7.11 Å². The summed E-state index contributed by atoms with van der Waals surface area (Å²) in [6.45, 7) is 5.07. The first kappa shape index (κ1) is 11.9. The number of nitrogens with one attached hydrogen (secondary N) is 1. The Morgan fingerprint density at radius 3 is 3.00 bits per heavy atom. The predicted molar refractivity (Wildman–Crippen MR) is 65.3 cm³/mol. The van der Waals surface area contributed by atoms with Crippen LogP contribution in [0.2, 0.25) is 0 Å². The zero-order chi connectivity index (χ0) is 12.3. The average Bonchev–Trinajstić information content (AvgIpc) is 2.39. The van der Waals surface area contributed by atoms with E-state index in [0.29, 0.717) is 11.7 Å². The number of nitrogens with zero attached hydrogens (tertiary/aromatic N) is 2. The second kappa shape index (κ2) is 5.14. The summed E-state index contributed by atoms with van der Waals surface area (Å²) in [7, 11) is 1.36. The third-order valence-corrected chi connectivity index (χ3v) is 2.98. The Morgan fingerprint density at radius 1 is 1.59 bits per heavy atom. The number of anilines is 1. The van der Waals surface area contributed by atoms with Gasteiger partial charge in [0.2, 0.25) is 0 Å². The molecule has 1 unspecified atom stereocenters. The first-order chi connectivity index (χ1) is 8.22. The van der Waals surface area contributed by atoms with E-state index in [0.717, 1.165) is 25.3 Å². The number of carbonyl (C=O) groups excluding carboxylic acids is 1. The first-order valence-corrected chi connectivity index (χ1v) is 5.74. The Balaban J connectivity index is 2.14. The zero-order valence-electron chi connectivity index (χ0n) is 10.1. The van der Waals surface area contributed by atoms with Crippen molar-refractivity contribution in [2.45, 2.75) is 13.0 Å². The van der Waals surface area contributed by atoms with Gasteiger partial charge in [0.1, 0.15) is 5.69 Å². The quantitative estimate of drug-likeness (QED) is 0.763. The molecule has 1 aliphatic heterocycles. The van der Waals surface area contributed by atoms with Gasteiger partial charge >= 0.3 is 5.97 Å². The van der Waals surface area contributed by atoms with Crippen LogP contribution in [0, 0.1) is 0 Å². The van der Waals surface area contributed by atoms with Crippen LogP contribution in [0.3, 0.4) is 0 Å². The number of hydrogen-bond acceptors (Lipinski definition) is 5. The van der Waals surface area contributed by atoms with Crippen molar-refractivity contribution in [2.75, 3.05) is 31.6 Å². The number of aromatic nitrogens is 1. The van der Waals surface area contributed by atoms with Gasteiger partial charge < -0.3 is 15.0 Å². The number of ether oxygens (including phenoxy) is 1. The molecule has 1 fully saturated rings. The van der Waals surface area contributed by atoms with Crippen molar-refractivity contribution in [3.8, 4) is 0 Å². The van der Waals surface area contributed by atoms with Gasteiger partial charge in [-0.05, 0) is 19.1 Å². The number of hydrogen-bond donors (Lipinski definition) is 1. The molecule has 0 aromatic carbocycles. The summed E-state index contributed by atoms with van der Waals surface area (Å²) in [4.78, 5) is 17.7. The van der Waals surface area contributed by atoms with E-state index in [-0.39, 0.29) is 0 Å². The van der Waals surface area contributed by atoms with Crippen molar-refractivity contribution < 1.29 is 9.53 Å². The van der Waals surface area contributed by atoms with Gasteiger partial charge in [0.25, 0.3) is 0 Å². The molecule has 0 saturated carbocycles. The van der Waals surface area contributed by atoms with E-state index >= 15 is 0 Å². The van der Waals surface area contributed by atoms with Crippen molar-refractivity contribution in [3.05, 3.63) is 24.0 Å². The lowest BCUT2D eigenvalue weighted by Gasteiger charge is -2.35. The Bertz CT molecular complexity index is 391. The number of pyridine rings is 1. The van der Waals surface area contributed by atoms with Crippen molar-refractivity contribution in [1.29, 1.82) is 0 Å². The molecule has 1 N–H and O–H groups in total. The topological polar surface area (TPSA) is 54.5 Å². The van der Waals surface area contributed by atoms with Crippen LogP contribution < -0.4 is 10.2 Å². The van der Waals surface area contributed by atoms with Crippen LogP contribution >= 0.6 is 0 Å². The predicted octanol–water partition coefficient (Wildman–Crippen LogP) is 0.666. The van der Waals surface area contributed by atoms with Crippen LogP contribution in [-0.2, 0) is 4.74 Å².